The molecule has 2 rings (SSSR count). The lowest BCUT2D eigenvalue weighted by atomic mass is 10.0. The van der Waals surface area contributed by atoms with Gasteiger partial charge in [0.2, 0.25) is 0 Å². The van der Waals surface area contributed by atoms with Gasteiger partial charge >= 0.3 is 0 Å². The zero-order chi connectivity index (χ0) is 12.5. The molecule has 1 aliphatic heterocycles. The molecule has 0 N–H and O–H groups in total. The topological polar surface area (TPSA) is 0 Å². The lowest BCUT2D eigenvalue weighted by Crippen LogP contribution is -3.00. The number of aryl methyl sites for hydroxylation is 1. The van der Waals surface area contributed by atoms with Crippen molar-refractivity contribution < 1.29 is 28.5 Å². The molecule has 0 bridgehead atoms. The molecule has 0 aliphatic carbocycles. The van der Waals surface area contributed by atoms with Crippen molar-refractivity contribution in [1.82, 2.24) is 0 Å². The van der Waals surface area contributed by atoms with E-state index in [1.54, 1.807) is 11.1 Å². The first-order valence-corrected chi connectivity index (χ1v) is 10.5. The van der Waals surface area contributed by atoms with Crippen LogP contribution in [-0.4, -0.2) is 32.3 Å². The van der Waals surface area contributed by atoms with Crippen molar-refractivity contribution >= 4 is 8.07 Å². The first-order valence-electron chi connectivity index (χ1n) is 6.78. The number of halogens is 1. The van der Waals surface area contributed by atoms with Crippen LogP contribution in [0.5, 0.6) is 0 Å². The highest BCUT2D eigenvalue weighted by Crippen LogP contribution is 2.24. The first-order chi connectivity index (χ1) is 7.88. The van der Waals surface area contributed by atoms with Gasteiger partial charge in [0.25, 0.3) is 0 Å². The Hall–Kier alpha value is 0.127. The van der Waals surface area contributed by atoms with Crippen molar-refractivity contribution in [2.45, 2.75) is 39.0 Å². The Morgan fingerprint density at radius 2 is 1.72 bits per heavy atom. The summed E-state index contributed by atoms with van der Waals surface area (Å²) in [6.07, 6.45) is 4.02. The number of quaternary nitrogens is 1. The van der Waals surface area contributed by atoms with Crippen LogP contribution in [0.4, 0.5) is 0 Å². The highest BCUT2D eigenvalue weighted by atomic mass is 127. The second-order valence-corrected chi connectivity index (χ2v) is 12.5. The van der Waals surface area contributed by atoms with Crippen molar-refractivity contribution in [1.29, 1.82) is 0 Å². The molecule has 0 radical (unpaired) electrons. The molecule has 1 aromatic rings. The summed E-state index contributed by atoms with van der Waals surface area (Å²) in [6, 6.07) is 9.04. The Morgan fingerprint density at radius 3 is 2.33 bits per heavy atom. The van der Waals surface area contributed by atoms with E-state index < -0.39 is 8.07 Å². The average Bonchev–Trinajstić information content (AvgIpc) is 2.32. The molecule has 1 aliphatic rings. The molecule has 0 saturated heterocycles. The van der Waals surface area contributed by atoms with Gasteiger partial charge in [-0.25, -0.2) is 0 Å². The standard InChI is InChI=1S/C15H26NSi.HI/c1-16(13-17(2,3)4)11-7-10-14-8-5-6-9-15(14)12-16;/h5-6,8-9H,7,10-13H2,1-4H3;1H/q+1;/p-1. The van der Waals surface area contributed by atoms with E-state index in [9.17, 15) is 0 Å². The van der Waals surface area contributed by atoms with Crippen LogP contribution in [0.25, 0.3) is 0 Å². The molecule has 18 heavy (non-hydrogen) atoms. The molecule has 0 spiro atoms. The van der Waals surface area contributed by atoms with Gasteiger partial charge in [-0.15, -0.1) is 0 Å². The van der Waals surface area contributed by atoms with E-state index in [1.165, 1.54) is 36.6 Å². The molecule has 0 fully saturated rings. The van der Waals surface area contributed by atoms with Gasteiger partial charge in [0, 0.05) is 12.0 Å². The molecule has 0 aromatic heterocycles. The zero-order valence-electron chi connectivity index (χ0n) is 12.2. The Balaban J connectivity index is 0.00000162. The predicted octanol–water partition coefficient (Wildman–Crippen LogP) is 0.461. The minimum Gasteiger partial charge on any atom is -1.00 e. The summed E-state index contributed by atoms with van der Waals surface area (Å²) in [5, 5.41) is 0. The van der Waals surface area contributed by atoms with Crippen molar-refractivity contribution in [3.05, 3.63) is 35.4 Å². The van der Waals surface area contributed by atoms with Crippen LogP contribution >= 0.6 is 0 Å². The second kappa shape index (κ2) is 6.05. The van der Waals surface area contributed by atoms with Gasteiger partial charge in [0.05, 0.1) is 19.8 Å². The minimum atomic E-state index is -0.988. The smallest absolute Gasteiger partial charge is 0.110 e. The fourth-order valence-corrected chi connectivity index (χ4v) is 5.94. The summed E-state index contributed by atoms with van der Waals surface area (Å²) >= 11 is 0. The van der Waals surface area contributed by atoms with Crippen LogP contribution in [0.2, 0.25) is 19.6 Å². The number of rotatable bonds is 2. The first kappa shape index (κ1) is 16.2. The third kappa shape index (κ3) is 4.35. The predicted molar refractivity (Wildman–Crippen MR) is 77.7 cm³/mol. The highest BCUT2D eigenvalue weighted by molar-refractivity contribution is 6.75. The summed E-state index contributed by atoms with van der Waals surface area (Å²) in [5.74, 6) is 0. The average molecular weight is 375 g/mol. The molecular formula is C15H26INSi. The SMILES string of the molecule is C[N+]1(C[Si](C)(C)C)CCCc2ccccc2C1.[I-]. The third-order valence-electron chi connectivity index (χ3n) is 3.67. The van der Waals surface area contributed by atoms with Crippen LogP contribution in [0, 0.1) is 0 Å². The number of benzene rings is 1. The molecule has 1 atom stereocenters. The highest BCUT2D eigenvalue weighted by Gasteiger charge is 2.32. The number of nitrogens with zero attached hydrogens (tertiary/aromatic N) is 1. The monoisotopic (exact) mass is 375 g/mol. The van der Waals surface area contributed by atoms with Gasteiger partial charge in [0.15, 0.2) is 0 Å². The van der Waals surface area contributed by atoms with Crippen molar-refractivity contribution in [3.8, 4) is 0 Å². The molecule has 1 nitrogen and oxygen atoms in total. The van der Waals surface area contributed by atoms with Gasteiger partial charge in [-0.05, 0) is 12.0 Å². The summed E-state index contributed by atoms with van der Waals surface area (Å²) in [6.45, 7) is 10.1. The maximum atomic E-state index is 2.49. The Kier molecular flexibility index (Phi) is 5.44. The Bertz CT molecular complexity index is 400. The normalized spacial score (nSPS) is 23.8. The van der Waals surface area contributed by atoms with E-state index in [0.29, 0.717) is 0 Å². The van der Waals surface area contributed by atoms with E-state index >= 15 is 0 Å². The van der Waals surface area contributed by atoms with Gasteiger partial charge in [-0.1, -0.05) is 43.9 Å². The van der Waals surface area contributed by atoms with E-state index in [-0.39, 0.29) is 24.0 Å². The zero-order valence-corrected chi connectivity index (χ0v) is 15.3. The van der Waals surface area contributed by atoms with Crippen LogP contribution in [0.3, 0.4) is 0 Å². The van der Waals surface area contributed by atoms with Gasteiger partial charge in [-0.3, -0.25) is 0 Å². The molecule has 0 amide bonds. The number of hydrogen-bond donors (Lipinski definition) is 0. The van der Waals surface area contributed by atoms with Crippen LogP contribution in [0.15, 0.2) is 24.3 Å². The lowest BCUT2D eigenvalue weighted by molar-refractivity contribution is -0.913. The van der Waals surface area contributed by atoms with Gasteiger partial charge in [0.1, 0.15) is 14.6 Å². The fourth-order valence-electron chi connectivity index (χ4n) is 3.38. The van der Waals surface area contributed by atoms with Crippen LogP contribution in [0.1, 0.15) is 17.5 Å². The fraction of sp³-hybridized carbons (Fsp3) is 0.600. The molecule has 3 heteroatoms. The summed E-state index contributed by atoms with van der Waals surface area (Å²) in [5.41, 5.74) is 3.18. The minimum absolute atomic E-state index is 0. The number of hydrogen-bond acceptors (Lipinski definition) is 0. The van der Waals surface area contributed by atoms with Crippen LogP contribution < -0.4 is 24.0 Å². The third-order valence-corrected chi connectivity index (χ3v) is 5.38. The van der Waals surface area contributed by atoms with Crippen molar-refractivity contribution in [2.24, 2.45) is 0 Å². The van der Waals surface area contributed by atoms with E-state index in [0.717, 1.165) is 0 Å². The lowest BCUT2D eigenvalue weighted by Gasteiger charge is -2.38. The number of fused-ring (bicyclic) bond motifs is 1. The molecular weight excluding hydrogens is 349 g/mol. The van der Waals surface area contributed by atoms with Gasteiger partial charge < -0.3 is 28.5 Å². The van der Waals surface area contributed by atoms with E-state index in [2.05, 4.69) is 51.0 Å². The maximum Gasteiger partial charge on any atom is 0.110 e. The summed E-state index contributed by atoms with van der Waals surface area (Å²) in [7, 11) is 1.47. The van der Waals surface area contributed by atoms with Crippen molar-refractivity contribution in [2.75, 3.05) is 19.8 Å². The summed E-state index contributed by atoms with van der Waals surface area (Å²) < 4.78 is 1.26. The van der Waals surface area contributed by atoms with E-state index in [1.807, 2.05) is 0 Å². The maximum absolute atomic E-state index is 2.49. The van der Waals surface area contributed by atoms with Crippen LogP contribution in [-0.2, 0) is 13.0 Å². The molecule has 1 unspecified atom stereocenters. The Morgan fingerprint density at radius 1 is 1.11 bits per heavy atom. The largest absolute Gasteiger partial charge is 1.00 e. The molecule has 1 aromatic carbocycles. The molecule has 1 heterocycles. The summed E-state index contributed by atoms with van der Waals surface area (Å²) in [4.78, 5) is 0. The molecule has 102 valence electrons. The van der Waals surface area contributed by atoms with Crippen molar-refractivity contribution in [3.63, 3.8) is 0 Å². The Labute approximate surface area is 130 Å². The second-order valence-electron chi connectivity index (χ2n) is 7.09. The van der Waals surface area contributed by atoms with Gasteiger partial charge in [-0.2, -0.15) is 0 Å². The quantitative estimate of drug-likeness (QED) is 0.400. The molecule has 0 saturated carbocycles. The van der Waals surface area contributed by atoms with E-state index in [4.69, 9.17) is 0 Å².